The molecular weight excluding hydrogens is 313 g/mol. The molecule has 2 rings (SSSR count). The van der Waals surface area contributed by atoms with Crippen LogP contribution in [0, 0.1) is 0 Å². The van der Waals surface area contributed by atoms with Crippen LogP contribution in [0.5, 0.6) is 0 Å². The van der Waals surface area contributed by atoms with Gasteiger partial charge in [-0.15, -0.1) is 0 Å². The standard InChI is InChI=1S/C15H21Cl2NO3/c1-14(2,3)19-7-11-8-20-15(9-18,21-11)12-5-4-10(16)6-13(12)17/h4-6,11H,7-9,18H2,1-3H3. The van der Waals surface area contributed by atoms with Gasteiger partial charge in [0.25, 0.3) is 0 Å². The van der Waals surface area contributed by atoms with Crippen LogP contribution in [0.2, 0.25) is 10.0 Å². The fourth-order valence-corrected chi connectivity index (χ4v) is 2.70. The van der Waals surface area contributed by atoms with E-state index < -0.39 is 5.79 Å². The lowest BCUT2D eigenvalue weighted by Crippen LogP contribution is -2.38. The molecule has 4 nitrogen and oxygen atoms in total. The maximum atomic E-state index is 6.24. The van der Waals surface area contributed by atoms with Crippen molar-refractivity contribution >= 4 is 23.2 Å². The normalized spacial score (nSPS) is 26.3. The zero-order chi connectivity index (χ0) is 15.7. The molecule has 1 heterocycles. The number of halogens is 2. The van der Waals surface area contributed by atoms with Gasteiger partial charge in [-0.2, -0.15) is 0 Å². The molecule has 0 spiro atoms. The highest BCUT2D eigenvalue weighted by molar-refractivity contribution is 6.35. The van der Waals surface area contributed by atoms with Gasteiger partial charge in [0, 0.05) is 10.6 Å². The van der Waals surface area contributed by atoms with Gasteiger partial charge in [0.2, 0.25) is 5.79 Å². The van der Waals surface area contributed by atoms with Gasteiger partial charge in [0.05, 0.1) is 30.4 Å². The Kier molecular flexibility index (Phi) is 5.19. The first-order chi connectivity index (χ1) is 9.76. The van der Waals surface area contributed by atoms with Crippen LogP contribution in [-0.4, -0.2) is 31.5 Å². The van der Waals surface area contributed by atoms with Crippen molar-refractivity contribution in [1.82, 2.24) is 0 Å². The smallest absolute Gasteiger partial charge is 0.209 e. The van der Waals surface area contributed by atoms with E-state index in [1.165, 1.54) is 0 Å². The highest BCUT2D eigenvalue weighted by Gasteiger charge is 2.43. The molecule has 21 heavy (non-hydrogen) atoms. The third-order valence-corrected chi connectivity index (χ3v) is 3.72. The predicted molar refractivity (Wildman–Crippen MR) is 83.7 cm³/mol. The van der Waals surface area contributed by atoms with Crippen molar-refractivity contribution in [2.45, 2.75) is 38.3 Å². The Bertz CT molecular complexity index is 504. The van der Waals surface area contributed by atoms with Crippen molar-refractivity contribution in [1.29, 1.82) is 0 Å². The Morgan fingerprint density at radius 2 is 2.10 bits per heavy atom. The molecule has 1 fully saturated rings. The first-order valence-electron chi connectivity index (χ1n) is 6.87. The number of rotatable bonds is 4. The summed E-state index contributed by atoms with van der Waals surface area (Å²) in [4.78, 5) is 0. The minimum Gasteiger partial charge on any atom is -0.373 e. The minimum atomic E-state index is -1.03. The number of nitrogens with two attached hydrogens (primary N) is 1. The number of hydrogen-bond acceptors (Lipinski definition) is 4. The largest absolute Gasteiger partial charge is 0.373 e. The maximum absolute atomic E-state index is 6.24. The summed E-state index contributed by atoms with van der Waals surface area (Å²) in [5, 5.41) is 1.03. The second-order valence-corrected chi connectivity index (χ2v) is 6.90. The van der Waals surface area contributed by atoms with E-state index in [1.807, 2.05) is 20.8 Å². The van der Waals surface area contributed by atoms with Crippen LogP contribution in [0.25, 0.3) is 0 Å². The molecule has 1 aliphatic rings. The van der Waals surface area contributed by atoms with Gasteiger partial charge in [0.15, 0.2) is 0 Å². The van der Waals surface area contributed by atoms with E-state index in [0.717, 1.165) is 0 Å². The summed E-state index contributed by atoms with van der Waals surface area (Å²) in [6, 6.07) is 5.18. The molecule has 2 unspecified atom stereocenters. The van der Waals surface area contributed by atoms with Crippen molar-refractivity contribution in [3.63, 3.8) is 0 Å². The molecule has 2 N–H and O–H groups in total. The van der Waals surface area contributed by atoms with Gasteiger partial charge in [0.1, 0.15) is 6.10 Å². The summed E-state index contributed by atoms with van der Waals surface area (Å²) >= 11 is 12.2. The predicted octanol–water partition coefficient (Wildman–Crippen LogP) is 3.34. The van der Waals surface area contributed by atoms with Gasteiger partial charge in [-0.05, 0) is 32.9 Å². The molecule has 0 aromatic heterocycles. The van der Waals surface area contributed by atoms with Crippen molar-refractivity contribution < 1.29 is 14.2 Å². The Morgan fingerprint density at radius 1 is 1.38 bits per heavy atom. The van der Waals surface area contributed by atoms with E-state index in [-0.39, 0.29) is 18.2 Å². The molecule has 0 radical (unpaired) electrons. The summed E-state index contributed by atoms with van der Waals surface area (Å²) in [7, 11) is 0. The van der Waals surface area contributed by atoms with E-state index in [4.69, 9.17) is 43.1 Å². The molecule has 0 bridgehead atoms. The number of ether oxygens (including phenoxy) is 3. The van der Waals surface area contributed by atoms with E-state index in [9.17, 15) is 0 Å². The van der Waals surface area contributed by atoms with Crippen molar-refractivity contribution in [3.05, 3.63) is 33.8 Å². The van der Waals surface area contributed by atoms with Crippen molar-refractivity contribution in [3.8, 4) is 0 Å². The van der Waals surface area contributed by atoms with Crippen LogP contribution in [0.1, 0.15) is 26.3 Å². The Hall–Kier alpha value is -0.360. The maximum Gasteiger partial charge on any atom is 0.209 e. The molecule has 6 heteroatoms. The topological polar surface area (TPSA) is 53.7 Å². The monoisotopic (exact) mass is 333 g/mol. The zero-order valence-corrected chi connectivity index (χ0v) is 14.0. The van der Waals surface area contributed by atoms with Crippen LogP contribution in [0.15, 0.2) is 18.2 Å². The van der Waals surface area contributed by atoms with Gasteiger partial charge in [-0.3, -0.25) is 0 Å². The van der Waals surface area contributed by atoms with Crippen LogP contribution in [0.3, 0.4) is 0 Å². The van der Waals surface area contributed by atoms with E-state index in [2.05, 4.69) is 0 Å². The Labute approximate surface area is 135 Å². The lowest BCUT2D eigenvalue weighted by atomic mass is 10.1. The van der Waals surface area contributed by atoms with Crippen LogP contribution in [-0.2, 0) is 20.0 Å². The van der Waals surface area contributed by atoms with Crippen LogP contribution < -0.4 is 5.73 Å². The Morgan fingerprint density at radius 3 is 2.67 bits per heavy atom. The SMILES string of the molecule is CC(C)(C)OCC1COC(CN)(c2ccc(Cl)cc2Cl)O1. The quantitative estimate of drug-likeness (QED) is 0.918. The van der Waals surface area contributed by atoms with Crippen molar-refractivity contribution in [2.75, 3.05) is 19.8 Å². The molecular formula is C15H21Cl2NO3. The summed E-state index contributed by atoms with van der Waals surface area (Å²) in [5.74, 6) is -1.03. The highest BCUT2D eigenvalue weighted by Crippen LogP contribution is 2.38. The van der Waals surface area contributed by atoms with Gasteiger partial charge in [-0.1, -0.05) is 29.3 Å². The highest BCUT2D eigenvalue weighted by atomic mass is 35.5. The minimum absolute atomic E-state index is 0.167. The number of hydrogen-bond donors (Lipinski definition) is 1. The molecule has 0 aliphatic carbocycles. The summed E-state index contributed by atoms with van der Waals surface area (Å²) in [5.41, 5.74) is 6.33. The van der Waals surface area contributed by atoms with Crippen LogP contribution >= 0.6 is 23.2 Å². The molecule has 1 aliphatic heterocycles. The van der Waals surface area contributed by atoms with Crippen LogP contribution in [0.4, 0.5) is 0 Å². The first kappa shape index (κ1) is 17.0. The fraction of sp³-hybridized carbons (Fsp3) is 0.600. The zero-order valence-electron chi connectivity index (χ0n) is 12.5. The second kappa shape index (κ2) is 6.41. The summed E-state index contributed by atoms with van der Waals surface area (Å²) in [6.45, 7) is 7.00. The molecule has 1 aromatic rings. The van der Waals surface area contributed by atoms with Gasteiger partial charge in [-0.25, -0.2) is 0 Å². The molecule has 1 saturated heterocycles. The lowest BCUT2D eigenvalue weighted by molar-refractivity contribution is -0.178. The fourth-order valence-electron chi connectivity index (χ4n) is 2.15. The van der Waals surface area contributed by atoms with Crippen molar-refractivity contribution in [2.24, 2.45) is 5.73 Å². The summed E-state index contributed by atoms with van der Waals surface area (Å²) < 4.78 is 17.6. The molecule has 0 saturated carbocycles. The van der Waals surface area contributed by atoms with E-state index in [0.29, 0.717) is 28.8 Å². The average molecular weight is 334 g/mol. The van der Waals surface area contributed by atoms with Gasteiger partial charge >= 0.3 is 0 Å². The Balaban J connectivity index is 2.13. The average Bonchev–Trinajstić information content (AvgIpc) is 2.80. The molecule has 2 atom stereocenters. The molecule has 0 amide bonds. The molecule has 1 aromatic carbocycles. The lowest BCUT2D eigenvalue weighted by Gasteiger charge is -2.28. The van der Waals surface area contributed by atoms with E-state index >= 15 is 0 Å². The third kappa shape index (κ3) is 4.09. The summed E-state index contributed by atoms with van der Waals surface area (Å²) in [6.07, 6.45) is -0.181. The molecule has 118 valence electrons. The first-order valence-corrected chi connectivity index (χ1v) is 7.63. The van der Waals surface area contributed by atoms with E-state index in [1.54, 1.807) is 18.2 Å². The second-order valence-electron chi connectivity index (χ2n) is 6.06. The number of benzene rings is 1. The van der Waals surface area contributed by atoms with Gasteiger partial charge < -0.3 is 19.9 Å². The third-order valence-electron chi connectivity index (χ3n) is 3.17.